The zero-order chi connectivity index (χ0) is 15.2. The topological polar surface area (TPSA) is 81.4 Å². The Balaban J connectivity index is 2.45. The summed E-state index contributed by atoms with van der Waals surface area (Å²) in [5.74, 6) is -1.28. The van der Waals surface area contributed by atoms with Crippen molar-refractivity contribution in [1.29, 1.82) is 0 Å². The molecule has 1 rings (SSSR count). The van der Waals surface area contributed by atoms with E-state index in [1.54, 1.807) is 12.1 Å². The van der Waals surface area contributed by atoms with Crippen LogP contribution < -0.4 is 11.1 Å². The number of benzene rings is 1. The van der Waals surface area contributed by atoms with Crippen LogP contribution in [0.2, 0.25) is 0 Å². The maximum Gasteiger partial charge on any atom is 0.411 e. The highest BCUT2D eigenvalue weighted by Gasteiger charge is 2.27. The van der Waals surface area contributed by atoms with E-state index in [0.29, 0.717) is 0 Å². The Morgan fingerprint density at radius 2 is 1.90 bits per heavy atom. The van der Waals surface area contributed by atoms with Crippen LogP contribution >= 0.6 is 0 Å². The molecule has 0 saturated heterocycles. The number of amides is 2. The predicted molar refractivity (Wildman–Crippen MR) is 65.1 cm³/mol. The Labute approximate surface area is 112 Å². The molecule has 0 aromatic heterocycles. The third-order valence-corrected chi connectivity index (χ3v) is 2.21. The molecule has 2 amide bonds. The first-order chi connectivity index (χ1) is 9.29. The molecule has 0 aliphatic heterocycles. The van der Waals surface area contributed by atoms with E-state index < -0.39 is 24.6 Å². The lowest BCUT2D eigenvalue weighted by atomic mass is 10.1. The minimum Gasteiger partial charge on any atom is -0.372 e. The number of alkyl halides is 3. The van der Waals surface area contributed by atoms with Crippen LogP contribution in [0.25, 0.3) is 0 Å². The first kappa shape index (κ1) is 16.0. The second-order valence-corrected chi connectivity index (χ2v) is 3.88. The van der Waals surface area contributed by atoms with Crippen LogP contribution in [0.5, 0.6) is 0 Å². The fraction of sp³-hybridized carbons (Fsp3) is 0.333. The molecule has 0 aliphatic rings. The number of ether oxygens (including phenoxy) is 1. The molecule has 0 atom stereocenters. The van der Waals surface area contributed by atoms with Crippen LogP contribution in [-0.2, 0) is 9.53 Å². The van der Waals surface area contributed by atoms with Crippen molar-refractivity contribution in [3.8, 4) is 0 Å². The molecular weight excluding hydrogens is 277 g/mol. The SMILES string of the molecule is NC(=O)c1ccccc1NC(=O)CCOCC(F)(F)F. The lowest BCUT2D eigenvalue weighted by Crippen LogP contribution is -2.21. The van der Waals surface area contributed by atoms with Gasteiger partial charge in [-0.15, -0.1) is 0 Å². The second-order valence-electron chi connectivity index (χ2n) is 3.88. The Morgan fingerprint density at radius 1 is 1.25 bits per heavy atom. The van der Waals surface area contributed by atoms with Gasteiger partial charge in [0.1, 0.15) is 6.61 Å². The first-order valence-electron chi connectivity index (χ1n) is 5.63. The van der Waals surface area contributed by atoms with Crippen molar-refractivity contribution in [1.82, 2.24) is 0 Å². The first-order valence-corrected chi connectivity index (χ1v) is 5.63. The molecule has 1 aromatic carbocycles. The summed E-state index contributed by atoms with van der Waals surface area (Å²) in [5.41, 5.74) is 5.45. The van der Waals surface area contributed by atoms with E-state index in [2.05, 4.69) is 10.1 Å². The number of rotatable bonds is 6. The number of nitrogens with one attached hydrogen (secondary N) is 1. The van der Waals surface area contributed by atoms with E-state index in [9.17, 15) is 22.8 Å². The van der Waals surface area contributed by atoms with Crippen LogP contribution in [-0.4, -0.2) is 31.2 Å². The van der Waals surface area contributed by atoms with Crippen LogP contribution in [0.15, 0.2) is 24.3 Å². The van der Waals surface area contributed by atoms with Crippen LogP contribution in [0.1, 0.15) is 16.8 Å². The monoisotopic (exact) mass is 290 g/mol. The van der Waals surface area contributed by atoms with Gasteiger partial charge >= 0.3 is 6.18 Å². The summed E-state index contributed by atoms with van der Waals surface area (Å²) in [5, 5.41) is 2.39. The molecule has 110 valence electrons. The van der Waals surface area contributed by atoms with Crippen LogP contribution in [0.3, 0.4) is 0 Å². The standard InChI is InChI=1S/C12H13F3N2O3/c13-12(14,15)7-20-6-5-10(18)17-9-4-2-1-3-8(9)11(16)19/h1-4H,5-7H2,(H2,16,19)(H,17,18). The van der Waals surface area contributed by atoms with Crippen molar-refractivity contribution in [2.45, 2.75) is 12.6 Å². The average molecular weight is 290 g/mol. The van der Waals surface area contributed by atoms with Gasteiger partial charge in [-0.2, -0.15) is 13.2 Å². The van der Waals surface area contributed by atoms with Gasteiger partial charge in [-0.25, -0.2) is 0 Å². The van der Waals surface area contributed by atoms with E-state index in [4.69, 9.17) is 5.73 Å². The molecule has 0 unspecified atom stereocenters. The van der Waals surface area contributed by atoms with Crippen molar-refractivity contribution in [3.05, 3.63) is 29.8 Å². The zero-order valence-corrected chi connectivity index (χ0v) is 10.4. The fourth-order valence-electron chi connectivity index (χ4n) is 1.37. The molecule has 0 saturated carbocycles. The molecule has 3 N–H and O–H groups in total. The van der Waals surface area contributed by atoms with Gasteiger partial charge in [0.15, 0.2) is 0 Å². The number of para-hydroxylation sites is 1. The number of carbonyl (C=O) groups excluding carboxylic acids is 2. The Hall–Kier alpha value is -2.09. The molecule has 1 aromatic rings. The molecule has 0 bridgehead atoms. The van der Waals surface area contributed by atoms with Crippen molar-refractivity contribution in [2.24, 2.45) is 5.73 Å². The summed E-state index contributed by atoms with van der Waals surface area (Å²) in [6.07, 6.45) is -4.68. The van der Waals surface area contributed by atoms with Crippen LogP contribution in [0, 0.1) is 0 Å². The fourth-order valence-corrected chi connectivity index (χ4v) is 1.37. The number of nitrogens with two attached hydrogens (primary N) is 1. The third kappa shape index (κ3) is 5.70. The normalized spacial score (nSPS) is 11.2. The molecule has 0 fully saturated rings. The van der Waals surface area contributed by atoms with Gasteiger partial charge in [-0.3, -0.25) is 9.59 Å². The van der Waals surface area contributed by atoms with Gasteiger partial charge in [-0.05, 0) is 12.1 Å². The summed E-state index contributed by atoms with van der Waals surface area (Å²) in [6.45, 7) is -1.78. The lowest BCUT2D eigenvalue weighted by Gasteiger charge is -2.10. The van der Waals surface area contributed by atoms with Gasteiger partial charge < -0.3 is 15.8 Å². The van der Waals surface area contributed by atoms with E-state index in [1.165, 1.54) is 12.1 Å². The van der Waals surface area contributed by atoms with E-state index in [1.807, 2.05) is 0 Å². The molecule has 0 radical (unpaired) electrons. The summed E-state index contributed by atoms with van der Waals surface area (Å²) in [7, 11) is 0. The summed E-state index contributed by atoms with van der Waals surface area (Å²) >= 11 is 0. The number of carbonyl (C=O) groups is 2. The summed E-state index contributed by atoms with van der Waals surface area (Å²) in [4.78, 5) is 22.6. The minimum atomic E-state index is -4.42. The number of anilines is 1. The number of halogens is 3. The van der Waals surface area contributed by atoms with Crippen LogP contribution in [0.4, 0.5) is 18.9 Å². The molecular formula is C12H13F3N2O3. The van der Waals surface area contributed by atoms with Crippen molar-refractivity contribution in [3.63, 3.8) is 0 Å². The van der Waals surface area contributed by atoms with Crippen molar-refractivity contribution >= 4 is 17.5 Å². The smallest absolute Gasteiger partial charge is 0.372 e. The number of hydrogen-bond donors (Lipinski definition) is 2. The zero-order valence-electron chi connectivity index (χ0n) is 10.4. The van der Waals surface area contributed by atoms with Gasteiger partial charge in [0, 0.05) is 0 Å². The largest absolute Gasteiger partial charge is 0.411 e. The highest BCUT2D eigenvalue weighted by atomic mass is 19.4. The average Bonchev–Trinajstić information content (AvgIpc) is 2.34. The lowest BCUT2D eigenvalue weighted by molar-refractivity contribution is -0.174. The van der Waals surface area contributed by atoms with E-state index >= 15 is 0 Å². The van der Waals surface area contributed by atoms with Gasteiger partial charge in [0.05, 0.1) is 24.3 Å². The van der Waals surface area contributed by atoms with E-state index in [0.717, 1.165) is 0 Å². The van der Waals surface area contributed by atoms with Crippen molar-refractivity contribution < 1.29 is 27.5 Å². The molecule has 0 spiro atoms. The highest BCUT2D eigenvalue weighted by molar-refractivity contribution is 6.02. The van der Waals surface area contributed by atoms with Crippen molar-refractivity contribution in [2.75, 3.05) is 18.5 Å². The second kappa shape index (κ2) is 6.90. The molecule has 20 heavy (non-hydrogen) atoms. The van der Waals surface area contributed by atoms with Gasteiger partial charge in [-0.1, -0.05) is 12.1 Å². The number of hydrogen-bond acceptors (Lipinski definition) is 3. The maximum atomic E-state index is 11.8. The Morgan fingerprint density at radius 3 is 2.50 bits per heavy atom. The molecule has 5 nitrogen and oxygen atoms in total. The number of primary amides is 1. The Kier molecular flexibility index (Phi) is 5.51. The molecule has 0 heterocycles. The molecule has 0 aliphatic carbocycles. The quantitative estimate of drug-likeness (QED) is 0.782. The summed E-state index contributed by atoms with van der Waals surface area (Å²) < 4.78 is 39.7. The highest BCUT2D eigenvalue weighted by Crippen LogP contribution is 2.15. The summed E-state index contributed by atoms with van der Waals surface area (Å²) in [6, 6.07) is 6.05. The maximum absolute atomic E-state index is 11.8. The van der Waals surface area contributed by atoms with Gasteiger partial charge in [0.2, 0.25) is 5.91 Å². The van der Waals surface area contributed by atoms with E-state index in [-0.39, 0.29) is 24.3 Å². The molecule has 8 heteroatoms. The van der Waals surface area contributed by atoms with Gasteiger partial charge in [0.25, 0.3) is 5.91 Å². The minimum absolute atomic E-state index is 0.122. The Bertz CT molecular complexity index is 489. The predicted octanol–water partition coefficient (Wildman–Crippen LogP) is 1.69. The third-order valence-electron chi connectivity index (χ3n) is 2.21.